The number of thiazole rings is 1. The molecule has 0 saturated carbocycles. The number of likely N-dealkylation sites (tertiary alicyclic amines) is 1. The highest BCUT2D eigenvalue weighted by molar-refractivity contribution is 9.09. The Kier molecular flexibility index (Phi) is 13.6. The maximum Gasteiger partial charge on any atom is 0.246 e. The Morgan fingerprint density at radius 2 is 1.67 bits per heavy atom. The molecule has 8 nitrogen and oxygen atoms in total. The predicted octanol–water partition coefficient (Wildman–Crippen LogP) is 6.30. The number of alkyl halides is 1. The first-order valence-corrected chi connectivity index (χ1v) is 17.6. The number of carbonyl (C=O) groups excluding carboxylic acids is 3. The van der Waals surface area contributed by atoms with Crippen molar-refractivity contribution in [2.24, 2.45) is 5.41 Å². The number of halogens is 1. The maximum absolute atomic E-state index is 13.8. The maximum atomic E-state index is 13.8. The van der Waals surface area contributed by atoms with Crippen LogP contribution in [-0.4, -0.2) is 62.8 Å². The average molecular weight is 678 g/mol. The minimum Gasteiger partial charge on any atom is -0.391 e. The minimum absolute atomic E-state index is 0.0612. The number of hydrogen-bond donors (Lipinski definition) is 3. The normalized spacial score (nSPS) is 18.3. The molecule has 0 spiro atoms. The Morgan fingerprint density at radius 3 is 2.26 bits per heavy atom. The SMILES string of the molecule is Cc1ncsc1-c1ccc(C(C)NC(=O)C2CC(O)CN2C(=O)C(NC(=O)CCCCCCCCCBr)C(C)(C)C)cc1. The van der Waals surface area contributed by atoms with Crippen molar-refractivity contribution in [2.45, 2.75) is 117 Å². The third kappa shape index (κ3) is 10.4. The Bertz CT molecular complexity index is 1200. The Balaban J connectivity index is 1.58. The van der Waals surface area contributed by atoms with Gasteiger partial charge >= 0.3 is 0 Å². The van der Waals surface area contributed by atoms with Crippen LogP contribution < -0.4 is 10.6 Å². The molecule has 1 aromatic heterocycles. The van der Waals surface area contributed by atoms with Crippen LogP contribution in [0.2, 0.25) is 0 Å². The lowest BCUT2D eigenvalue weighted by Gasteiger charge is -2.35. The van der Waals surface area contributed by atoms with Gasteiger partial charge in [-0.15, -0.1) is 11.3 Å². The zero-order valence-corrected chi connectivity index (χ0v) is 28.7. The van der Waals surface area contributed by atoms with Gasteiger partial charge in [0.1, 0.15) is 12.1 Å². The van der Waals surface area contributed by atoms with Crippen molar-refractivity contribution >= 4 is 45.0 Å². The van der Waals surface area contributed by atoms with E-state index in [0.717, 1.165) is 46.3 Å². The molecule has 1 aliphatic heterocycles. The van der Waals surface area contributed by atoms with E-state index in [1.54, 1.807) is 11.3 Å². The van der Waals surface area contributed by atoms with Crippen LogP contribution >= 0.6 is 27.3 Å². The highest BCUT2D eigenvalue weighted by atomic mass is 79.9. The zero-order valence-electron chi connectivity index (χ0n) is 26.3. The first-order valence-electron chi connectivity index (χ1n) is 15.6. The molecule has 3 rings (SSSR count). The van der Waals surface area contributed by atoms with Crippen molar-refractivity contribution in [3.63, 3.8) is 0 Å². The molecule has 3 amide bonds. The van der Waals surface area contributed by atoms with Crippen LogP contribution in [0.15, 0.2) is 29.8 Å². The van der Waals surface area contributed by atoms with Crippen LogP contribution in [0, 0.1) is 12.3 Å². The first-order chi connectivity index (χ1) is 20.4. The molecule has 1 saturated heterocycles. The number of carbonyl (C=O) groups is 3. The second-order valence-electron chi connectivity index (χ2n) is 12.8. The summed E-state index contributed by atoms with van der Waals surface area (Å²) in [4.78, 5) is 47.1. The van der Waals surface area contributed by atoms with Gasteiger partial charge in [0.05, 0.1) is 28.2 Å². The summed E-state index contributed by atoms with van der Waals surface area (Å²) >= 11 is 5.05. The molecular weight excluding hydrogens is 628 g/mol. The third-order valence-electron chi connectivity index (χ3n) is 8.10. The molecule has 238 valence electrons. The molecule has 2 aromatic rings. The van der Waals surface area contributed by atoms with Gasteiger partial charge in [-0.25, -0.2) is 4.98 Å². The number of aromatic nitrogens is 1. The van der Waals surface area contributed by atoms with E-state index in [1.807, 2.05) is 64.4 Å². The summed E-state index contributed by atoms with van der Waals surface area (Å²) in [6, 6.07) is 6.12. The zero-order chi connectivity index (χ0) is 31.6. The van der Waals surface area contributed by atoms with Crippen molar-refractivity contribution in [3.8, 4) is 10.4 Å². The number of hydrogen-bond acceptors (Lipinski definition) is 6. The number of rotatable bonds is 15. The quantitative estimate of drug-likeness (QED) is 0.151. The predicted molar refractivity (Wildman–Crippen MR) is 177 cm³/mol. The van der Waals surface area contributed by atoms with Gasteiger partial charge in [0.2, 0.25) is 17.7 Å². The second kappa shape index (κ2) is 16.7. The fourth-order valence-electron chi connectivity index (χ4n) is 5.51. The van der Waals surface area contributed by atoms with E-state index in [4.69, 9.17) is 0 Å². The van der Waals surface area contributed by atoms with Crippen LogP contribution in [0.1, 0.15) is 103 Å². The fourth-order valence-corrected chi connectivity index (χ4v) is 6.72. The van der Waals surface area contributed by atoms with Crippen LogP contribution in [-0.2, 0) is 14.4 Å². The van der Waals surface area contributed by atoms with Gasteiger partial charge in [-0.2, -0.15) is 0 Å². The number of β-amino-alcohol motifs (C(OH)–C–C–N with tert-alkyl or cyclic N) is 1. The number of amides is 3. The number of aliphatic hydroxyl groups excluding tert-OH is 1. The van der Waals surface area contributed by atoms with Gasteiger partial charge in [-0.1, -0.05) is 93.1 Å². The molecule has 0 bridgehead atoms. The Hall–Kier alpha value is -2.30. The van der Waals surface area contributed by atoms with E-state index in [-0.39, 0.29) is 36.7 Å². The molecule has 1 fully saturated rings. The third-order valence-corrected chi connectivity index (χ3v) is 9.64. The summed E-state index contributed by atoms with van der Waals surface area (Å²) in [7, 11) is 0. The van der Waals surface area contributed by atoms with Gasteiger partial charge in [0.25, 0.3) is 0 Å². The molecule has 43 heavy (non-hydrogen) atoms. The summed E-state index contributed by atoms with van der Waals surface area (Å²) in [5, 5.41) is 17.5. The molecule has 0 aliphatic carbocycles. The van der Waals surface area contributed by atoms with E-state index >= 15 is 0 Å². The minimum atomic E-state index is -0.810. The summed E-state index contributed by atoms with van der Waals surface area (Å²) in [5.41, 5.74) is 4.27. The van der Waals surface area contributed by atoms with Crippen molar-refractivity contribution in [2.75, 3.05) is 11.9 Å². The second-order valence-corrected chi connectivity index (χ2v) is 14.4. The molecule has 4 unspecified atom stereocenters. The number of aryl methyl sites for hydroxylation is 1. The van der Waals surface area contributed by atoms with E-state index < -0.39 is 23.6 Å². The van der Waals surface area contributed by atoms with E-state index in [1.165, 1.54) is 30.6 Å². The largest absolute Gasteiger partial charge is 0.391 e. The Morgan fingerprint density at radius 1 is 1.05 bits per heavy atom. The van der Waals surface area contributed by atoms with Crippen LogP contribution in [0.4, 0.5) is 0 Å². The van der Waals surface area contributed by atoms with Crippen LogP contribution in [0.5, 0.6) is 0 Å². The van der Waals surface area contributed by atoms with Crippen molar-refractivity contribution in [1.29, 1.82) is 0 Å². The topological polar surface area (TPSA) is 112 Å². The van der Waals surface area contributed by atoms with Gasteiger partial charge in [0.15, 0.2) is 0 Å². The molecular formula is C33H49BrN4O4S. The first kappa shape index (κ1) is 35.2. The van der Waals surface area contributed by atoms with Crippen molar-refractivity contribution in [3.05, 3.63) is 41.0 Å². The van der Waals surface area contributed by atoms with Crippen LogP contribution in [0.3, 0.4) is 0 Å². The molecule has 1 aliphatic rings. The number of nitrogens with one attached hydrogen (secondary N) is 2. The van der Waals surface area contributed by atoms with E-state index in [9.17, 15) is 19.5 Å². The lowest BCUT2D eigenvalue weighted by atomic mass is 9.85. The molecule has 3 N–H and O–H groups in total. The fraction of sp³-hybridized carbons (Fsp3) is 0.636. The molecule has 1 aromatic carbocycles. The number of nitrogens with zero attached hydrogens (tertiary/aromatic N) is 2. The number of unbranched alkanes of at least 4 members (excludes halogenated alkanes) is 6. The Labute approximate surface area is 269 Å². The highest BCUT2D eigenvalue weighted by Gasteiger charge is 2.44. The smallest absolute Gasteiger partial charge is 0.246 e. The van der Waals surface area contributed by atoms with Crippen LogP contribution in [0.25, 0.3) is 10.4 Å². The van der Waals surface area contributed by atoms with Gasteiger partial charge < -0.3 is 20.6 Å². The molecule has 0 radical (unpaired) electrons. The monoisotopic (exact) mass is 676 g/mol. The van der Waals surface area contributed by atoms with E-state index in [2.05, 4.69) is 31.5 Å². The molecule has 4 atom stereocenters. The summed E-state index contributed by atoms with van der Waals surface area (Å²) < 4.78 is 0. The summed E-state index contributed by atoms with van der Waals surface area (Å²) in [6.45, 7) is 9.67. The highest BCUT2D eigenvalue weighted by Crippen LogP contribution is 2.29. The van der Waals surface area contributed by atoms with Gasteiger partial charge in [-0.3, -0.25) is 14.4 Å². The van der Waals surface area contributed by atoms with Gasteiger partial charge in [0, 0.05) is 24.7 Å². The van der Waals surface area contributed by atoms with Gasteiger partial charge in [-0.05, 0) is 43.2 Å². The standard InChI is InChI=1S/C33H49BrN4O4S/c1-22(24-14-16-25(17-15-24)29-23(2)35-21-43-29)36-31(41)27-19-26(39)20-38(27)32(42)30(33(3,4)5)37-28(40)13-11-9-7-6-8-10-12-18-34/h14-17,21-22,26-27,30,39H,6-13,18-20H2,1-5H3,(H,36,41)(H,37,40). The lowest BCUT2D eigenvalue weighted by Crippen LogP contribution is -2.57. The molecule has 2 heterocycles. The van der Waals surface area contributed by atoms with Crippen molar-refractivity contribution in [1.82, 2.24) is 20.5 Å². The number of aliphatic hydroxyl groups is 1. The summed E-state index contributed by atoms with van der Waals surface area (Å²) in [6.07, 6.45) is 7.42. The summed E-state index contributed by atoms with van der Waals surface area (Å²) in [5.74, 6) is -0.796. The van der Waals surface area contributed by atoms with Crippen molar-refractivity contribution < 1.29 is 19.5 Å². The lowest BCUT2D eigenvalue weighted by molar-refractivity contribution is -0.144. The van der Waals surface area contributed by atoms with E-state index in [0.29, 0.717) is 6.42 Å². The number of benzene rings is 1. The average Bonchev–Trinajstić information content (AvgIpc) is 3.57. The molecule has 10 heteroatoms.